The molecule has 0 nitrogen and oxygen atoms in total. The van der Waals surface area contributed by atoms with Crippen LogP contribution in [-0.4, -0.2) is 0 Å². The standard InChI is InChI=1S/C25H17F5/c26-14-8-11-24(27)22(12-14)17-7-3-6-16-18(17)9-10-19-15-4-1-2-5-20(15)23(13-21(16)19)25(28,29)30/h1-2,4-5,8-13,17H,3,6-7H2. The van der Waals surface area contributed by atoms with Crippen molar-refractivity contribution in [2.45, 2.75) is 31.4 Å². The molecule has 5 heteroatoms. The lowest BCUT2D eigenvalue weighted by atomic mass is 9.76. The molecule has 1 atom stereocenters. The molecule has 0 radical (unpaired) electrons. The van der Waals surface area contributed by atoms with Crippen molar-refractivity contribution in [3.63, 3.8) is 0 Å². The number of hydrogen-bond donors (Lipinski definition) is 0. The molecule has 0 amide bonds. The Kier molecular flexibility index (Phi) is 4.31. The van der Waals surface area contributed by atoms with Gasteiger partial charge in [0.1, 0.15) is 11.6 Å². The number of benzene rings is 4. The molecular formula is C25H17F5. The first kappa shape index (κ1) is 19.0. The van der Waals surface area contributed by atoms with E-state index in [1.807, 2.05) is 12.1 Å². The van der Waals surface area contributed by atoms with Crippen molar-refractivity contribution in [1.29, 1.82) is 0 Å². The first-order valence-corrected chi connectivity index (χ1v) is 9.84. The van der Waals surface area contributed by atoms with Crippen LogP contribution in [0, 0.1) is 11.6 Å². The summed E-state index contributed by atoms with van der Waals surface area (Å²) in [7, 11) is 0. The van der Waals surface area contributed by atoms with Crippen LogP contribution < -0.4 is 0 Å². The second kappa shape index (κ2) is 6.79. The van der Waals surface area contributed by atoms with Crippen LogP contribution in [0.5, 0.6) is 0 Å². The van der Waals surface area contributed by atoms with Gasteiger partial charge in [0, 0.05) is 5.92 Å². The quantitative estimate of drug-likeness (QED) is 0.221. The zero-order valence-corrected chi connectivity index (χ0v) is 15.9. The Hall–Kier alpha value is -2.95. The molecule has 4 aromatic rings. The van der Waals surface area contributed by atoms with Crippen LogP contribution in [0.4, 0.5) is 22.0 Å². The van der Waals surface area contributed by atoms with E-state index in [2.05, 4.69) is 0 Å². The SMILES string of the molecule is Fc1ccc(F)c(C2CCCc3c2ccc2c3cc(C(F)(F)F)c3ccccc32)c1. The first-order valence-electron chi connectivity index (χ1n) is 9.84. The molecule has 0 aliphatic heterocycles. The highest BCUT2D eigenvalue weighted by Crippen LogP contribution is 2.44. The summed E-state index contributed by atoms with van der Waals surface area (Å²) in [6.07, 6.45) is -2.56. The largest absolute Gasteiger partial charge is 0.417 e. The number of rotatable bonds is 1. The lowest BCUT2D eigenvalue weighted by Gasteiger charge is -2.28. The maximum absolute atomic E-state index is 14.5. The van der Waals surface area contributed by atoms with Crippen molar-refractivity contribution in [2.75, 3.05) is 0 Å². The van der Waals surface area contributed by atoms with Crippen LogP contribution in [0.3, 0.4) is 0 Å². The third kappa shape index (κ3) is 2.95. The van der Waals surface area contributed by atoms with E-state index in [1.165, 1.54) is 18.2 Å². The van der Waals surface area contributed by atoms with Gasteiger partial charge in [0.25, 0.3) is 0 Å². The minimum absolute atomic E-state index is 0.168. The van der Waals surface area contributed by atoms with Crippen molar-refractivity contribution in [3.05, 3.63) is 94.6 Å². The van der Waals surface area contributed by atoms with E-state index < -0.39 is 23.4 Å². The zero-order valence-electron chi connectivity index (χ0n) is 15.9. The summed E-state index contributed by atoms with van der Waals surface area (Å²) < 4.78 is 69.7. The average molecular weight is 412 g/mol. The van der Waals surface area contributed by atoms with E-state index in [0.29, 0.717) is 30.0 Å². The third-order valence-corrected chi connectivity index (χ3v) is 6.12. The van der Waals surface area contributed by atoms with E-state index in [0.717, 1.165) is 28.6 Å². The summed E-state index contributed by atoms with van der Waals surface area (Å²) in [6.45, 7) is 0. The molecule has 0 spiro atoms. The highest BCUT2D eigenvalue weighted by molar-refractivity contribution is 6.10. The summed E-state index contributed by atoms with van der Waals surface area (Å²) in [5.74, 6) is -1.40. The lowest BCUT2D eigenvalue weighted by molar-refractivity contribution is -0.136. The van der Waals surface area contributed by atoms with Crippen LogP contribution in [-0.2, 0) is 12.6 Å². The van der Waals surface area contributed by atoms with Gasteiger partial charge >= 0.3 is 6.18 Å². The van der Waals surface area contributed by atoms with E-state index in [9.17, 15) is 22.0 Å². The Balaban J connectivity index is 1.82. The van der Waals surface area contributed by atoms with E-state index in [1.54, 1.807) is 18.2 Å². The fourth-order valence-electron chi connectivity index (χ4n) is 4.84. The fraction of sp³-hybridized carbons (Fsp3) is 0.200. The maximum atomic E-state index is 14.5. The molecule has 4 aromatic carbocycles. The normalized spacial score (nSPS) is 16.8. The summed E-state index contributed by atoms with van der Waals surface area (Å²) in [4.78, 5) is 0. The van der Waals surface area contributed by atoms with Gasteiger partial charge in [-0.3, -0.25) is 0 Å². The van der Waals surface area contributed by atoms with Crippen molar-refractivity contribution in [2.24, 2.45) is 0 Å². The van der Waals surface area contributed by atoms with Gasteiger partial charge in [-0.05, 0) is 81.8 Å². The first-order chi connectivity index (χ1) is 14.3. The van der Waals surface area contributed by atoms with E-state index >= 15 is 0 Å². The number of aryl methyl sites for hydroxylation is 1. The Morgan fingerprint density at radius 2 is 1.47 bits per heavy atom. The number of fused-ring (bicyclic) bond motifs is 5. The van der Waals surface area contributed by atoms with Gasteiger partial charge < -0.3 is 0 Å². The van der Waals surface area contributed by atoms with Gasteiger partial charge in [-0.15, -0.1) is 0 Å². The Morgan fingerprint density at radius 3 is 2.23 bits per heavy atom. The molecule has 0 N–H and O–H groups in total. The Labute approximate surface area is 169 Å². The monoisotopic (exact) mass is 412 g/mol. The summed E-state index contributed by atoms with van der Waals surface area (Å²) >= 11 is 0. The van der Waals surface area contributed by atoms with Crippen LogP contribution in [0.15, 0.2) is 60.7 Å². The topological polar surface area (TPSA) is 0 Å². The molecule has 5 rings (SSSR count). The predicted molar refractivity (Wildman–Crippen MR) is 108 cm³/mol. The summed E-state index contributed by atoms with van der Waals surface area (Å²) in [5, 5.41) is 2.00. The predicted octanol–water partition coefficient (Wildman–Crippen LogP) is 7.76. The third-order valence-electron chi connectivity index (χ3n) is 6.12. The number of alkyl halides is 3. The van der Waals surface area contributed by atoms with Crippen molar-refractivity contribution >= 4 is 21.5 Å². The molecule has 0 saturated carbocycles. The highest BCUT2D eigenvalue weighted by Gasteiger charge is 2.34. The van der Waals surface area contributed by atoms with Crippen LogP contribution in [0.25, 0.3) is 21.5 Å². The maximum Gasteiger partial charge on any atom is 0.417 e. The van der Waals surface area contributed by atoms with Gasteiger partial charge in [0.05, 0.1) is 5.56 Å². The highest BCUT2D eigenvalue weighted by atomic mass is 19.4. The van der Waals surface area contributed by atoms with E-state index in [-0.39, 0.29) is 16.9 Å². The van der Waals surface area contributed by atoms with Gasteiger partial charge in [-0.2, -0.15) is 13.2 Å². The second-order valence-electron chi connectivity index (χ2n) is 7.81. The smallest absolute Gasteiger partial charge is 0.207 e. The average Bonchev–Trinajstić information content (AvgIpc) is 2.73. The number of halogens is 5. The molecule has 1 aliphatic rings. The molecule has 0 saturated heterocycles. The minimum atomic E-state index is -4.49. The van der Waals surface area contributed by atoms with E-state index in [4.69, 9.17) is 0 Å². The molecule has 0 heterocycles. The molecule has 0 bridgehead atoms. The second-order valence-corrected chi connectivity index (χ2v) is 7.81. The number of hydrogen-bond acceptors (Lipinski definition) is 0. The van der Waals surface area contributed by atoms with Crippen molar-refractivity contribution < 1.29 is 22.0 Å². The molecule has 1 aliphatic carbocycles. The Bertz CT molecular complexity index is 1290. The van der Waals surface area contributed by atoms with Crippen LogP contribution >= 0.6 is 0 Å². The summed E-state index contributed by atoms with van der Waals surface area (Å²) in [6, 6.07) is 14.8. The van der Waals surface area contributed by atoms with Gasteiger partial charge in [0.15, 0.2) is 0 Å². The van der Waals surface area contributed by atoms with Crippen LogP contribution in [0.1, 0.15) is 41.0 Å². The molecule has 0 fully saturated rings. The van der Waals surface area contributed by atoms with Gasteiger partial charge in [0.2, 0.25) is 0 Å². The van der Waals surface area contributed by atoms with Crippen molar-refractivity contribution in [3.8, 4) is 0 Å². The summed E-state index contributed by atoms with van der Waals surface area (Å²) in [5.41, 5.74) is 1.16. The van der Waals surface area contributed by atoms with Crippen molar-refractivity contribution in [1.82, 2.24) is 0 Å². The minimum Gasteiger partial charge on any atom is -0.207 e. The zero-order chi connectivity index (χ0) is 21.0. The molecule has 30 heavy (non-hydrogen) atoms. The molecular weight excluding hydrogens is 395 g/mol. The Morgan fingerprint density at radius 1 is 0.733 bits per heavy atom. The molecule has 152 valence electrons. The van der Waals surface area contributed by atoms with Crippen LogP contribution in [0.2, 0.25) is 0 Å². The molecule has 0 aromatic heterocycles. The lowest BCUT2D eigenvalue weighted by Crippen LogP contribution is -2.14. The fourth-order valence-corrected chi connectivity index (χ4v) is 4.84. The van der Waals surface area contributed by atoms with Gasteiger partial charge in [-0.25, -0.2) is 8.78 Å². The van der Waals surface area contributed by atoms with Gasteiger partial charge in [-0.1, -0.05) is 36.4 Å². The molecule has 1 unspecified atom stereocenters.